The Labute approximate surface area is 88.1 Å². The Morgan fingerprint density at radius 3 is 2.73 bits per heavy atom. The molecule has 0 spiro atoms. The number of hydrogen-bond donors (Lipinski definition) is 0. The standard InChI is InChI=1S/C12H12O3/c13-7-10-6-11(10)12(14)15-8-9-4-2-1-3-5-9/h1-5,7,10-11H,6,8H2. The fourth-order valence-electron chi connectivity index (χ4n) is 1.47. The molecule has 1 aliphatic carbocycles. The second-order valence-corrected chi connectivity index (χ2v) is 3.74. The normalized spacial score (nSPS) is 23.2. The average Bonchev–Trinajstić information content (AvgIpc) is 3.06. The van der Waals surface area contributed by atoms with Crippen LogP contribution < -0.4 is 0 Å². The topological polar surface area (TPSA) is 43.4 Å². The lowest BCUT2D eigenvalue weighted by Gasteiger charge is -2.03. The zero-order valence-corrected chi connectivity index (χ0v) is 8.26. The molecule has 2 rings (SSSR count). The number of rotatable bonds is 4. The molecule has 3 nitrogen and oxygen atoms in total. The summed E-state index contributed by atoms with van der Waals surface area (Å²) in [5, 5.41) is 0. The van der Waals surface area contributed by atoms with Crippen LogP contribution in [0.1, 0.15) is 12.0 Å². The molecule has 0 radical (unpaired) electrons. The number of hydrogen-bond acceptors (Lipinski definition) is 3. The molecule has 0 bridgehead atoms. The SMILES string of the molecule is O=CC1CC1C(=O)OCc1ccccc1. The highest BCUT2D eigenvalue weighted by Gasteiger charge is 2.44. The number of benzene rings is 1. The maximum absolute atomic E-state index is 11.4. The molecule has 15 heavy (non-hydrogen) atoms. The average molecular weight is 204 g/mol. The Kier molecular flexibility index (Phi) is 2.81. The van der Waals surface area contributed by atoms with E-state index in [-0.39, 0.29) is 17.8 Å². The molecule has 3 heteroatoms. The smallest absolute Gasteiger partial charge is 0.310 e. The highest BCUT2D eigenvalue weighted by Crippen LogP contribution is 2.37. The third-order valence-electron chi connectivity index (χ3n) is 2.54. The lowest BCUT2D eigenvalue weighted by atomic mass is 10.2. The van der Waals surface area contributed by atoms with Gasteiger partial charge in [0, 0.05) is 5.92 Å². The molecular formula is C12H12O3. The van der Waals surface area contributed by atoms with Gasteiger partial charge in [-0.2, -0.15) is 0 Å². The maximum Gasteiger partial charge on any atom is 0.310 e. The van der Waals surface area contributed by atoms with Gasteiger partial charge in [-0.15, -0.1) is 0 Å². The van der Waals surface area contributed by atoms with Crippen LogP contribution in [0.2, 0.25) is 0 Å². The van der Waals surface area contributed by atoms with Crippen molar-refractivity contribution in [1.82, 2.24) is 0 Å². The van der Waals surface area contributed by atoms with E-state index in [1.807, 2.05) is 30.3 Å². The van der Waals surface area contributed by atoms with Crippen molar-refractivity contribution in [2.24, 2.45) is 11.8 Å². The summed E-state index contributed by atoms with van der Waals surface area (Å²) in [6.07, 6.45) is 1.48. The first kappa shape index (κ1) is 9.90. The third kappa shape index (κ3) is 2.43. The van der Waals surface area contributed by atoms with Crippen molar-refractivity contribution >= 4 is 12.3 Å². The van der Waals surface area contributed by atoms with Crippen LogP contribution in [-0.4, -0.2) is 12.3 Å². The molecule has 2 unspecified atom stereocenters. The molecule has 0 amide bonds. The van der Waals surface area contributed by atoms with Crippen molar-refractivity contribution in [3.8, 4) is 0 Å². The van der Waals surface area contributed by atoms with Crippen LogP contribution in [0.4, 0.5) is 0 Å². The minimum atomic E-state index is -0.254. The van der Waals surface area contributed by atoms with Gasteiger partial charge >= 0.3 is 5.97 Å². The molecule has 0 N–H and O–H groups in total. The van der Waals surface area contributed by atoms with E-state index in [1.54, 1.807) is 0 Å². The second-order valence-electron chi connectivity index (χ2n) is 3.74. The molecule has 2 atom stereocenters. The summed E-state index contributed by atoms with van der Waals surface area (Å²) in [6, 6.07) is 9.51. The van der Waals surface area contributed by atoms with E-state index in [2.05, 4.69) is 0 Å². The van der Waals surface area contributed by atoms with Gasteiger partial charge in [0.2, 0.25) is 0 Å². The quantitative estimate of drug-likeness (QED) is 0.552. The molecule has 0 aliphatic heterocycles. The van der Waals surface area contributed by atoms with Gasteiger partial charge in [-0.25, -0.2) is 0 Å². The molecule has 1 fully saturated rings. The van der Waals surface area contributed by atoms with E-state index >= 15 is 0 Å². The largest absolute Gasteiger partial charge is 0.461 e. The molecule has 0 aromatic heterocycles. The Hall–Kier alpha value is -1.64. The van der Waals surface area contributed by atoms with Crippen molar-refractivity contribution in [3.05, 3.63) is 35.9 Å². The zero-order valence-electron chi connectivity index (χ0n) is 8.26. The zero-order chi connectivity index (χ0) is 10.7. The van der Waals surface area contributed by atoms with E-state index in [1.165, 1.54) is 0 Å². The van der Waals surface area contributed by atoms with Gasteiger partial charge in [0.25, 0.3) is 0 Å². The van der Waals surface area contributed by atoms with Crippen molar-refractivity contribution in [2.75, 3.05) is 0 Å². The number of aldehydes is 1. The van der Waals surface area contributed by atoms with Gasteiger partial charge in [0.05, 0.1) is 5.92 Å². The van der Waals surface area contributed by atoms with Gasteiger partial charge in [-0.1, -0.05) is 30.3 Å². The molecule has 1 aromatic carbocycles. The summed E-state index contributed by atoms with van der Waals surface area (Å²) in [5.41, 5.74) is 0.967. The Balaban J connectivity index is 1.79. The van der Waals surface area contributed by atoms with Gasteiger partial charge < -0.3 is 9.53 Å². The Morgan fingerprint density at radius 2 is 2.13 bits per heavy atom. The van der Waals surface area contributed by atoms with Gasteiger partial charge in [-0.3, -0.25) is 4.79 Å². The first-order chi connectivity index (χ1) is 7.31. The van der Waals surface area contributed by atoms with Crippen LogP contribution >= 0.6 is 0 Å². The molecule has 1 saturated carbocycles. The minimum absolute atomic E-state index is 0.103. The van der Waals surface area contributed by atoms with Crippen LogP contribution in [0, 0.1) is 11.8 Å². The number of esters is 1. The fourth-order valence-corrected chi connectivity index (χ4v) is 1.47. The summed E-state index contributed by atoms with van der Waals surface area (Å²) < 4.78 is 5.09. The summed E-state index contributed by atoms with van der Waals surface area (Å²) in [7, 11) is 0. The predicted molar refractivity (Wildman–Crippen MR) is 53.9 cm³/mol. The van der Waals surface area contributed by atoms with Crippen LogP contribution in [-0.2, 0) is 20.9 Å². The highest BCUT2D eigenvalue weighted by molar-refractivity contribution is 5.81. The van der Waals surface area contributed by atoms with Crippen molar-refractivity contribution in [1.29, 1.82) is 0 Å². The van der Waals surface area contributed by atoms with Crippen LogP contribution in [0.5, 0.6) is 0 Å². The summed E-state index contributed by atoms with van der Waals surface area (Å²) in [6.45, 7) is 0.293. The van der Waals surface area contributed by atoms with Gasteiger partial charge in [-0.05, 0) is 12.0 Å². The van der Waals surface area contributed by atoms with Crippen molar-refractivity contribution in [3.63, 3.8) is 0 Å². The van der Waals surface area contributed by atoms with Crippen molar-refractivity contribution < 1.29 is 14.3 Å². The lowest BCUT2D eigenvalue weighted by Crippen LogP contribution is -2.08. The van der Waals surface area contributed by atoms with E-state index in [0.29, 0.717) is 13.0 Å². The maximum atomic E-state index is 11.4. The summed E-state index contributed by atoms with van der Waals surface area (Å²) >= 11 is 0. The third-order valence-corrected chi connectivity index (χ3v) is 2.54. The highest BCUT2D eigenvalue weighted by atomic mass is 16.5. The predicted octanol–water partition coefficient (Wildman–Crippen LogP) is 1.56. The first-order valence-corrected chi connectivity index (χ1v) is 4.97. The number of carbonyl (C=O) groups is 2. The number of carbonyl (C=O) groups excluding carboxylic acids is 2. The molecule has 0 heterocycles. The summed E-state index contributed by atoms with van der Waals surface area (Å²) in [4.78, 5) is 21.7. The second kappa shape index (κ2) is 4.26. The Morgan fingerprint density at radius 1 is 1.40 bits per heavy atom. The van der Waals surface area contributed by atoms with Crippen molar-refractivity contribution in [2.45, 2.75) is 13.0 Å². The van der Waals surface area contributed by atoms with Crippen LogP contribution in [0.15, 0.2) is 30.3 Å². The molecule has 1 aromatic rings. The molecule has 78 valence electrons. The molecular weight excluding hydrogens is 192 g/mol. The molecule has 1 aliphatic rings. The number of ether oxygens (including phenoxy) is 1. The fraction of sp³-hybridized carbons (Fsp3) is 0.333. The van der Waals surface area contributed by atoms with Gasteiger partial charge in [0.15, 0.2) is 0 Å². The van der Waals surface area contributed by atoms with E-state index in [9.17, 15) is 9.59 Å². The minimum Gasteiger partial charge on any atom is -0.461 e. The van der Waals surface area contributed by atoms with Crippen LogP contribution in [0.25, 0.3) is 0 Å². The molecule has 0 saturated heterocycles. The summed E-state index contributed by atoms with van der Waals surface area (Å²) in [5.74, 6) is -0.546. The van der Waals surface area contributed by atoms with E-state index in [0.717, 1.165) is 11.8 Å². The van der Waals surface area contributed by atoms with Crippen LogP contribution in [0.3, 0.4) is 0 Å². The van der Waals surface area contributed by atoms with E-state index < -0.39 is 0 Å². The Bertz CT molecular complexity index is 358. The first-order valence-electron chi connectivity index (χ1n) is 4.97. The monoisotopic (exact) mass is 204 g/mol. The van der Waals surface area contributed by atoms with E-state index in [4.69, 9.17) is 4.74 Å². The van der Waals surface area contributed by atoms with Gasteiger partial charge in [0.1, 0.15) is 12.9 Å². The lowest BCUT2D eigenvalue weighted by molar-refractivity contribution is -0.147.